The number of allylic oxidation sites excluding steroid dienone is 8. The van der Waals surface area contributed by atoms with Gasteiger partial charge in [0.15, 0.2) is 11.6 Å². The average molecular weight is 316 g/mol. The summed E-state index contributed by atoms with van der Waals surface area (Å²) in [5, 5.41) is 0. The maximum absolute atomic E-state index is 12.6. The van der Waals surface area contributed by atoms with Crippen LogP contribution in [-0.2, 0) is 9.59 Å². The van der Waals surface area contributed by atoms with E-state index in [1.165, 1.54) is 0 Å². The summed E-state index contributed by atoms with van der Waals surface area (Å²) in [5.41, 5.74) is 2.15. The molecule has 0 fully saturated rings. The van der Waals surface area contributed by atoms with E-state index in [2.05, 4.69) is 26.3 Å². The van der Waals surface area contributed by atoms with Crippen LogP contribution in [0.2, 0.25) is 0 Å². The first-order valence-electron chi connectivity index (χ1n) is 6.59. The number of hydrogen-bond donors (Lipinski definition) is 0. The molecule has 1 aliphatic carbocycles. The van der Waals surface area contributed by atoms with Crippen LogP contribution in [0.1, 0.15) is 28.5 Å². The summed E-state index contributed by atoms with van der Waals surface area (Å²) in [6.45, 7) is 14.6. The molecular formula is C18H22Na2O2. The van der Waals surface area contributed by atoms with Crippen molar-refractivity contribution in [3.63, 3.8) is 0 Å². The van der Waals surface area contributed by atoms with Gasteiger partial charge in [-0.3, -0.25) is 9.59 Å². The van der Waals surface area contributed by atoms with Crippen LogP contribution in [0.3, 0.4) is 0 Å². The molecule has 0 radical (unpaired) electrons. The van der Waals surface area contributed by atoms with E-state index in [1.807, 2.05) is 0 Å². The van der Waals surface area contributed by atoms with Crippen molar-refractivity contribution < 1.29 is 71.6 Å². The largest absolute Gasteiger partial charge is 1.00 e. The molecular weight excluding hydrogens is 294 g/mol. The molecule has 0 spiro atoms. The molecule has 4 heteroatoms. The van der Waals surface area contributed by atoms with Gasteiger partial charge in [-0.2, -0.15) is 0 Å². The Morgan fingerprint density at radius 3 is 0.909 bits per heavy atom. The predicted molar refractivity (Wildman–Crippen MR) is 85.5 cm³/mol. The molecule has 2 nitrogen and oxygen atoms in total. The predicted octanol–water partition coefficient (Wildman–Crippen LogP) is -1.73. The number of hydrogen-bond acceptors (Lipinski definition) is 2. The zero-order valence-electron chi connectivity index (χ0n) is 15.8. The van der Waals surface area contributed by atoms with Gasteiger partial charge >= 0.3 is 59.1 Å². The van der Waals surface area contributed by atoms with Gasteiger partial charge in [0.05, 0.1) is 0 Å². The number of rotatable bonds is 8. The quantitative estimate of drug-likeness (QED) is 0.303. The van der Waals surface area contributed by atoms with Gasteiger partial charge in [-0.15, -0.1) is 26.3 Å². The van der Waals surface area contributed by atoms with Crippen molar-refractivity contribution in [2.45, 2.75) is 25.7 Å². The third-order valence-electron chi connectivity index (χ3n) is 3.22. The van der Waals surface area contributed by atoms with Crippen LogP contribution in [0, 0.1) is 0 Å². The van der Waals surface area contributed by atoms with Crippen LogP contribution in [-0.4, -0.2) is 11.6 Å². The molecule has 0 aromatic heterocycles. The standard InChI is InChI=1S/C18H20O2.2Na.2H/c1-5-9-13-14(10-6-2)18(20)16(12-8-4)15(11-7-3)17(13)19;;;;/h5-8H,1-4,9-12H2;;;;/q;2*+1;2*-1. The summed E-state index contributed by atoms with van der Waals surface area (Å²) < 4.78 is 0. The van der Waals surface area contributed by atoms with Crippen LogP contribution < -0.4 is 59.1 Å². The van der Waals surface area contributed by atoms with E-state index in [4.69, 9.17) is 0 Å². The zero-order chi connectivity index (χ0) is 15.1. The summed E-state index contributed by atoms with van der Waals surface area (Å²) in [4.78, 5) is 25.2. The van der Waals surface area contributed by atoms with Crippen molar-refractivity contribution in [2.24, 2.45) is 0 Å². The van der Waals surface area contributed by atoms with Crippen molar-refractivity contribution in [2.75, 3.05) is 0 Å². The van der Waals surface area contributed by atoms with Crippen molar-refractivity contribution in [3.05, 3.63) is 72.9 Å². The zero-order valence-corrected chi connectivity index (χ0v) is 17.8. The minimum atomic E-state index is -0.0712. The van der Waals surface area contributed by atoms with E-state index in [9.17, 15) is 9.59 Å². The van der Waals surface area contributed by atoms with E-state index in [-0.39, 0.29) is 73.5 Å². The molecule has 1 aliphatic rings. The van der Waals surface area contributed by atoms with Crippen LogP contribution in [0.5, 0.6) is 0 Å². The smallest absolute Gasteiger partial charge is 1.00 e. The molecule has 0 atom stereocenters. The fraction of sp³-hybridized carbons (Fsp3) is 0.222. The topological polar surface area (TPSA) is 34.1 Å². The molecule has 0 aromatic rings. The second-order valence-corrected chi connectivity index (χ2v) is 4.54. The van der Waals surface area contributed by atoms with Crippen LogP contribution >= 0.6 is 0 Å². The third kappa shape index (κ3) is 5.45. The average Bonchev–Trinajstić information content (AvgIpc) is 2.44. The molecule has 0 unspecified atom stereocenters. The van der Waals surface area contributed by atoms with E-state index in [0.29, 0.717) is 48.0 Å². The molecule has 0 aliphatic heterocycles. The van der Waals surface area contributed by atoms with Crippen molar-refractivity contribution >= 4 is 11.6 Å². The third-order valence-corrected chi connectivity index (χ3v) is 3.22. The van der Waals surface area contributed by atoms with E-state index < -0.39 is 0 Å². The Labute approximate surface area is 180 Å². The second-order valence-electron chi connectivity index (χ2n) is 4.54. The number of ketones is 2. The molecule has 0 bridgehead atoms. The van der Waals surface area contributed by atoms with Crippen LogP contribution in [0.4, 0.5) is 0 Å². The molecule has 0 saturated heterocycles. The molecule has 1 rings (SSSR count). The van der Waals surface area contributed by atoms with Gasteiger partial charge in [0.2, 0.25) is 0 Å². The van der Waals surface area contributed by atoms with Crippen molar-refractivity contribution in [1.82, 2.24) is 0 Å². The van der Waals surface area contributed by atoms with Gasteiger partial charge in [0.1, 0.15) is 0 Å². The molecule has 0 amide bonds. The van der Waals surface area contributed by atoms with Gasteiger partial charge in [-0.1, -0.05) is 24.3 Å². The Morgan fingerprint density at radius 2 is 0.773 bits per heavy atom. The van der Waals surface area contributed by atoms with Crippen LogP contribution in [0.25, 0.3) is 0 Å². The van der Waals surface area contributed by atoms with E-state index in [1.54, 1.807) is 24.3 Å². The van der Waals surface area contributed by atoms with Gasteiger partial charge in [-0.05, 0) is 25.7 Å². The summed E-state index contributed by atoms with van der Waals surface area (Å²) in [6.07, 6.45) is 8.18. The van der Waals surface area contributed by atoms with E-state index in [0.717, 1.165) is 0 Å². The first kappa shape index (κ1) is 24.0. The Hall–Kier alpha value is -0.220. The molecule has 0 aromatic carbocycles. The molecule has 108 valence electrons. The first-order chi connectivity index (χ1) is 9.62. The SMILES string of the molecule is C=CCC1=C(CC=C)C(=O)C(CC=C)=C(CC=C)C1=O.[H-].[H-].[Na+].[Na+]. The van der Waals surface area contributed by atoms with Crippen LogP contribution in [0.15, 0.2) is 72.9 Å². The fourth-order valence-corrected chi connectivity index (χ4v) is 2.35. The number of carbonyl (C=O) groups excluding carboxylic acids is 2. The first-order valence-corrected chi connectivity index (χ1v) is 6.59. The minimum absolute atomic E-state index is 0. The number of carbonyl (C=O) groups is 2. The maximum atomic E-state index is 12.6. The van der Waals surface area contributed by atoms with E-state index >= 15 is 0 Å². The molecule has 0 heterocycles. The normalized spacial score (nSPS) is 14.0. The summed E-state index contributed by atoms with van der Waals surface area (Å²) in [6, 6.07) is 0. The molecule has 0 saturated carbocycles. The van der Waals surface area contributed by atoms with Gasteiger partial charge < -0.3 is 2.85 Å². The minimum Gasteiger partial charge on any atom is -1.00 e. The monoisotopic (exact) mass is 316 g/mol. The second kappa shape index (κ2) is 12.2. The summed E-state index contributed by atoms with van der Waals surface area (Å²) >= 11 is 0. The molecule has 0 N–H and O–H groups in total. The Bertz CT molecular complexity index is 467. The van der Waals surface area contributed by atoms with Gasteiger partial charge in [-0.25, -0.2) is 0 Å². The van der Waals surface area contributed by atoms with Gasteiger partial charge in [0, 0.05) is 22.3 Å². The fourth-order valence-electron chi connectivity index (χ4n) is 2.35. The van der Waals surface area contributed by atoms with Crippen molar-refractivity contribution in [1.29, 1.82) is 0 Å². The Kier molecular flexibility index (Phi) is 13.4. The Balaban J connectivity index is -0.000000500. The molecule has 22 heavy (non-hydrogen) atoms. The summed E-state index contributed by atoms with van der Waals surface area (Å²) in [7, 11) is 0. The summed E-state index contributed by atoms with van der Waals surface area (Å²) in [5.74, 6) is -0.142. The maximum Gasteiger partial charge on any atom is 1.00 e. The van der Waals surface area contributed by atoms with Crippen molar-refractivity contribution in [3.8, 4) is 0 Å². The Morgan fingerprint density at radius 1 is 0.591 bits per heavy atom. The van der Waals surface area contributed by atoms with Gasteiger partial charge in [0.25, 0.3) is 0 Å². The number of Topliss-reactive ketones (excluding diaryl/α,β-unsaturated/α-hetero) is 2.